The normalized spacial score (nSPS) is 3.14. The van der Waals surface area contributed by atoms with Crippen LogP contribution in [0.4, 0.5) is 0 Å². The van der Waals surface area contributed by atoms with Crippen LogP contribution in [-0.2, 0) is 9.53 Å². The van der Waals surface area contributed by atoms with Gasteiger partial charge in [0.05, 0.1) is 0 Å². The highest BCUT2D eigenvalue weighted by Gasteiger charge is 1.25. The van der Waals surface area contributed by atoms with Crippen molar-refractivity contribution in [2.45, 2.75) is 83.1 Å². The summed E-state index contributed by atoms with van der Waals surface area (Å²) in [6, 6.07) is 0. The molecule has 0 radical (unpaired) electrons. The quantitative estimate of drug-likeness (QED) is 0.426. The van der Waals surface area contributed by atoms with E-state index in [9.17, 15) is 0 Å². The Morgan fingerprint density at radius 3 is 0.429 bits per heavy atom. The fourth-order valence-electron chi connectivity index (χ4n) is 0. The summed E-state index contributed by atoms with van der Waals surface area (Å²) in [4.78, 5) is 8.00. The van der Waals surface area contributed by atoms with E-state index in [0.29, 0.717) is 0 Å². The summed E-state index contributed by atoms with van der Waals surface area (Å²) >= 11 is 0. The molecule has 0 unspecified atom stereocenters. The molecular weight excluding hydrogens is 260 g/mol. The molecule has 0 aromatic heterocycles. The third-order valence-corrected chi connectivity index (χ3v) is 0. The van der Waals surface area contributed by atoms with Crippen LogP contribution in [0.2, 0.25) is 0 Å². The average Bonchev–Trinajstić information content (AvgIpc) is 2.70. The van der Waals surface area contributed by atoms with Crippen LogP contribution in [0.25, 0.3) is 0 Å². The molecule has 0 rings (SSSR count). The molecule has 2 nitrogen and oxygen atoms in total. The zero-order valence-electron chi connectivity index (χ0n) is 18.4. The second-order valence-corrected chi connectivity index (χ2v) is 0.408. The van der Waals surface area contributed by atoms with Crippen LogP contribution in [0.1, 0.15) is 83.1 Å². The van der Waals surface area contributed by atoms with E-state index in [0.717, 1.165) is 0 Å². The first-order valence-corrected chi connectivity index (χ1v) is 8.11. The van der Waals surface area contributed by atoms with E-state index in [1.54, 1.807) is 14.2 Å². The van der Waals surface area contributed by atoms with Gasteiger partial charge in [-0.05, 0) is 0 Å². The lowest BCUT2D eigenvalue weighted by Crippen LogP contribution is -1.55. The van der Waals surface area contributed by atoms with Crippen molar-refractivity contribution in [2.75, 3.05) is 14.2 Å². The van der Waals surface area contributed by atoms with E-state index >= 15 is 0 Å². The van der Waals surface area contributed by atoms with Gasteiger partial charge in [0, 0.05) is 14.2 Å². The Balaban J connectivity index is -0.00000000804. The molecule has 0 amide bonds. The van der Waals surface area contributed by atoms with Gasteiger partial charge in [0.2, 0.25) is 0 Å². The van der Waals surface area contributed by atoms with Crippen molar-refractivity contribution in [2.24, 2.45) is 0 Å². The third kappa shape index (κ3) is 7060. The number of methoxy groups -OCH3 is 1. The van der Waals surface area contributed by atoms with Crippen LogP contribution in [-0.4, -0.2) is 21.0 Å². The predicted octanol–water partition coefficient (Wildman–Crippen LogP) is 7.84. The molecule has 0 saturated heterocycles. The Morgan fingerprint density at radius 1 is 0.429 bits per heavy atom. The lowest BCUT2D eigenvalue weighted by molar-refractivity contribution is -0.0979. The van der Waals surface area contributed by atoms with E-state index in [1.165, 1.54) is 0 Å². The standard InChI is InChI=1S/C2H6O.6C2H6.2C2H4.CH2O/c1-3-2;9*1-2/h1-2H3;6*1-2H3;2*1-2H2;1H2. The third-order valence-electron chi connectivity index (χ3n) is 0. The van der Waals surface area contributed by atoms with Crippen LogP contribution < -0.4 is 0 Å². The molecule has 2 heteroatoms. The smallest absolute Gasteiger partial charge is 0.106 e. The van der Waals surface area contributed by atoms with Gasteiger partial charge in [-0.15, -0.1) is 26.3 Å². The van der Waals surface area contributed by atoms with Gasteiger partial charge in [-0.2, -0.15) is 0 Å². The molecule has 0 fully saturated rings. The molecule has 0 saturated carbocycles. The number of carbonyl (C=O) groups is 1. The predicted molar refractivity (Wildman–Crippen MR) is 111 cm³/mol. The lowest BCUT2D eigenvalue weighted by Gasteiger charge is -1.61. The number of ether oxygens (including phenoxy) is 1. The van der Waals surface area contributed by atoms with E-state index in [4.69, 9.17) is 4.79 Å². The molecule has 0 aliphatic carbocycles. The molecule has 0 aromatic rings. The van der Waals surface area contributed by atoms with Gasteiger partial charge in [-0.3, -0.25) is 0 Å². The number of carbonyl (C=O) groups excluding carboxylic acids is 1. The fourth-order valence-corrected chi connectivity index (χ4v) is 0. The Bertz CT molecular complexity index is 20.8. The molecule has 0 bridgehead atoms. The summed E-state index contributed by atoms with van der Waals surface area (Å²) in [5.41, 5.74) is 0. The van der Waals surface area contributed by atoms with Crippen molar-refractivity contribution in [1.29, 1.82) is 0 Å². The molecule has 21 heavy (non-hydrogen) atoms. The van der Waals surface area contributed by atoms with Gasteiger partial charge in [-0.25, -0.2) is 0 Å². The van der Waals surface area contributed by atoms with E-state index in [-0.39, 0.29) is 0 Å². The monoisotopic (exact) mass is 312 g/mol. The molecule has 140 valence electrons. The Kier molecular flexibility index (Phi) is 1770000. The maximum absolute atomic E-state index is 8.00. The minimum atomic E-state index is 1.62. The van der Waals surface area contributed by atoms with Gasteiger partial charge >= 0.3 is 0 Å². The molecule has 0 aliphatic heterocycles. The highest BCUT2D eigenvalue weighted by molar-refractivity contribution is 5.10. The number of hydrogen-bond acceptors (Lipinski definition) is 2. The summed E-state index contributed by atoms with van der Waals surface area (Å²) in [5, 5.41) is 0. The average molecular weight is 313 g/mol. The minimum absolute atomic E-state index is 1.62. The van der Waals surface area contributed by atoms with Crippen LogP contribution in [0, 0.1) is 0 Å². The topological polar surface area (TPSA) is 26.3 Å². The van der Waals surface area contributed by atoms with E-state index in [2.05, 4.69) is 31.1 Å². The van der Waals surface area contributed by atoms with Crippen molar-refractivity contribution in [3.05, 3.63) is 26.3 Å². The summed E-state index contributed by atoms with van der Waals surface area (Å²) < 4.78 is 4.25. The second-order valence-electron chi connectivity index (χ2n) is 0.408. The van der Waals surface area contributed by atoms with E-state index in [1.807, 2.05) is 89.9 Å². The lowest BCUT2D eigenvalue weighted by atomic mass is 11.0. The Hall–Kier alpha value is -0.890. The largest absolute Gasteiger partial charge is 0.388 e. The van der Waals surface area contributed by atoms with Crippen molar-refractivity contribution < 1.29 is 9.53 Å². The van der Waals surface area contributed by atoms with Crippen LogP contribution in [0.3, 0.4) is 0 Å². The van der Waals surface area contributed by atoms with Gasteiger partial charge in [0.15, 0.2) is 0 Å². The SMILES string of the molecule is C=C.C=C.C=O.CC.CC.CC.CC.CC.CC.COC. The highest BCUT2D eigenvalue weighted by atomic mass is 16.4. The Labute approximate surface area is 140 Å². The van der Waals surface area contributed by atoms with Crippen molar-refractivity contribution in [3.63, 3.8) is 0 Å². The number of rotatable bonds is 0. The van der Waals surface area contributed by atoms with Crippen molar-refractivity contribution >= 4 is 6.79 Å². The maximum Gasteiger partial charge on any atom is 0.106 e. The summed E-state index contributed by atoms with van der Waals surface area (Å²) in [7, 11) is 3.25. The van der Waals surface area contributed by atoms with Crippen molar-refractivity contribution in [3.8, 4) is 0 Å². The fraction of sp³-hybridized carbons (Fsp3) is 0.737. The van der Waals surface area contributed by atoms with Gasteiger partial charge < -0.3 is 9.53 Å². The molecular formula is C19H52O2. The second kappa shape index (κ2) is 518000. The first-order valence-electron chi connectivity index (χ1n) is 8.11. The van der Waals surface area contributed by atoms with Crippen molar-refractivity contribution in [1.82, 2.24) is 0 Å². The molecule has 0 aromatic carbocycles. The molecule has 0 atom stereocenters. The molecule has 0 heterocycles. The maximum atomic E-state index is 8.00. The zero-order valence-corrected chi connectivity index (χ0v) is 18.4. The summed E-state index contributed by atoms with van der Waals surface area (Å²) in [6.07, 6.45) is 0. The van der Waals surface area contributed by atoms with E-state index < -0.39 is 0 Å². The van der Waals surface area contributed by atoms with Crippen LogP contribution in [0.15, 0.2) is 26.3 Å². The molecule has 0 N–H and O–H groups in total. The first kappa shape index (κ1) is 71.9. The molecule has 0 spiro atoms. The molecule has 0 aliphatic rings. The van der Waals surface area contributed by atoms with Gasteiger partial charge in [0.25, 0.3) is 0 Å². The Morgan fingerprint density at radius 2 is 0.429 bits per heavy atom. The number of hydrogen-bond donors (Lipinski definition) is 0. The summed E-state index contributed by atoms with van der Waals surface area (Å²) in [6.45, 7) is 38.0. The van der Waals surface area contributed by atoms with Crippen LogP contribution in [0.5, 0.6) is 0 Å². The summed E-state index contributed by atoms with van der Waals surface area (Å²) in [5.74, 6) is 0. The van der Waals surface area contributed by atoms with Gasteiger partial charge in [-0.1, -0.05) is 83.1 Å². The van der Waals surface area contributed by atoms with Crippen LogP contribution >= 0.6 is 0 Å². The first-order chi connectivity index (χ1) is 10.4. The minimum Gasteiger partial charge on any atom is -0.388 e. The van der Waals surface area contributed by atoms with Gasteiger partial charge in [0.1, 0.15) is 6.79 Å². The zero-order chi connectivity index (χ0) is 20.7. The highest BCUT2D eigenvalue weighted by Crippen LogP contribution is 1.28.